The van der Waals surface area contributed by atoms with Crippen LogP contribution in [0.1, 0.15) is 21.3 Å². The number of rotatable bonds is 5. The largest absolute Gasteiger partial charge is 0.495 e. The van der Waals surface area contributed by atoms with Crippen molar-refractivity contribution in [1.29, 1.82) is 0 Å². The first-order valence-corrected chi connectivity index (χ1v) is 11.2. The third-order valence-corrected chi connectivity index (χ3v) is 6.58. The van der Waals surface area contributed by atoms with Crippen LogP contribution in [-0.2, 0) is 4.79 Å². The van der Waals surface area contributed by atoms with Gasteiger partial charge in [-0.25, -0.2) is 0 Å². The summed E-state index contributed by atoms with van der Waals surface area (Å²) in [6, 6.07) is 19.6. The number of thioether (sulfide) groups is 1. The van der Waals surface area contributed by atoms with Gasteiger partial charge in [0.1, 0.15) is 11.1 Å². The molecular weight excluding hydrogens is 455 g/mol. The van der Waals surface area contributed by atoms with E-state index >= 15 is 0 Å². The van der Waals surface area contributed by atoms with Crippen LogP contribution < -0.4 is 15.0 Å². The molecule has 0 spiro atoms. The Morgan fingerprint density at radius 2 is 1.90 bits per heavy atom. The Morgan fingerprint density at radius 1 is 1.10 bits per heavy atom. The summed E-state index contributed by atoms with van der Waals surface area (Å²) < 4.78 is 5.45. The molecule has 0 aromatic heterocycles. The summed E-state index contributed by atoms with van der Waals surface area (Å²) in [6.45, 7) is 0. The fourth-order valence-electron chi connectivity index (χ4n) is 3.40. The normalized spacial score (nSPS) is 15.8. The number of hydrogen-bond donors (Lipinski definition) is 1. The van der Waals surface area contributed by atoms with Gasteiger partial charge in [-0.2, -0.15) is 0 Å². The molecule has 1 heterocycles. The fourth-order valence-corrected chi connectivity index (χ4v) is 5.06. The Balaban J connectivity index is 1.61. The predicted molar refractivity (Wildman–Crippen MR) is 127 cm³/mol. The van der Waals surface area contributed by atoms with Crippen LogP contribution in [0.15, 0.2) is 66.7 Å². The Morgan fingerprint density at radius 3 is 2.68 bits per heavy atom. The number of para-hydroxylation sites is 2. The third-order valence-electron chi connectivity index (χ3n) is 4.82. The van der Waals surface area contributed by atoms with E-state index in [4.69, 9.17) is 27.9 Å². The minimum absolute atomic E-state index is 0.00175. The van der Waals surface area contributed by atoms with Gasteiger partial charge in [0, 0.05) is 10.7 Å². The minimum atomic E-state index is -0.337. The van der Waals surface area contributed by atoms with Crippen LogP contribution in [0.4, 0.5) is 11.4 Å². The van der Waals surface area contributed by atoms with Crippen molar-refractivity contribution in [2.24, 2.45) is 0 Å². The molecule has 1 atom stereocenters. The summed E-state index contributed by atoms with van der Waals surface area (Å²) in [5.41, 5.74) is 2.54. The first-order valence-electron chi connectivity index (χ1n) is 9.41. The molecule has 5 nitrogen and oxygen atoms in total. The van der Waals surface area contributed by atoms with Crippen LogP contribution in [0.25, 0.3) is 0 Å². The topological polar surface area (TPSA) is 58.6 Å². The molecule has 0 saturated carbocycles. The lowest BCUT2D eigenvalue weighted by Gasteiger charge is -2.26. The zero-order valence-electron chi connectivity index (χ0n) is 16.5. The second kappa shape index (κ2) is 9.22. The number of carbonyl (C=O) groups is 2. The van der Waals surface area contributed by atoms with Crippen molar-refractivity contribution < 1.29 is 14.3 Å². The highest BCUT2D eigenvalue weighted by atomic mass is 35.5. The molecule has 158 valence electrons. The Bertz CT molecular complexity index is 1160. The molecule has 3 aromatic carbocycles. The quantitative estimate of drug-likeness (QED) is 0.492. The number of ether oxygens (including phenoxy) is 1. The van der Waals surface area contributed by atoms with E-state index in [9.17, 15) is 9.59 Å². The average Bonchev–Trinajstić information content (AvgIpc) is 3.15. The van der Waals surface area contributed by atoms with Crippen molar-refractivity contribution in [2.75, 3.05) is 23.1 Å². The second-order valence-corrected chi connectivity index (χ2v) is 8.71. The van der Waals surface area contributed by atoms with Crippen LogP contribution in [0.2, 0.25) is 10.0 Å². The van der Waals surface area contributed by atoms with Crippen LogP contribution in [0, 0.1) is 0 Å². The Hall–Kier alpha value is -2.67. The summed E-state index contributed by atoms with van der Waals surface area (Å²) in [6.07, 6.45) is 0. The van der Waals surface area contributed by atoms with Crippen molar-refractivity contribution in [3.05, 3.63) is 87.9 Å². The molecule has 0 radical (unpaired) electrons. The van der Waals surface area contributed by atoms with Gasteiger partial charge in [-0.3, -0.25) is 14.5 Å². The van der Waals surface area contributed by atoms with Gasteiger partial charge in [-0.05, 0) is 48.0 Å². The first-order chi connectivity index (χ1) is 15.0. The van der Waals surface area contributed by atoms with Gasteiger partial charge in [0.15, 0.2) is 0 Å². The summed E-state index contributed by atoms with van der Waals surface area (Å²) in [5.74, 6) is 0.655. The van der Waals surface area contributed by atoms with Crippen LogP contribution in [0.3, 0.4) is 0 Å². The van der Waals surface area contributed by atoms with E-state index in [1.165, 1.54) is 17.8 Å². The maximum absolute atomic E-state index is 12.7. The Kier molecular flexibility index (Phi) is 6.41. The average molecular weight is 473 g/mol. The molecular formula is C23H18Cl2N2O3S. The number of carbonyl (C=O) groups excluding carboxylic acids is 2. The molecule has 1 saturated heterocycles. The molecule has 1 fully saturated rings. The molecule has 0 aliphatic carbocycles. The zero-order chi connectivity index (χ0) is 22.0. The lowest BCUT2D eigenvalue weighted by Crippen LogP contribution is -2.28. The number of nitrogens with zero attached hydrogens (tertiary/aromatic N) is 1. The van der Waals surface area contributed by atoms with E-state index in [0.717, 1.165) is 5.56 Å². The van der Waals surface area contributed by atoms with Crippen molar-refractivity contribution in [3.8, 4) is 5.75 Å². The van der Waals surface area contributed by atoms with E-state index in [-0.39, 0.29) is 22.2 Å². The van der Waals surface area contributed by atoms with Gasteiger partial charge in [0.25, 0.3) is 5.91 Å². The molecule has 3 aromatic rings. The monoisotopic (exact) mass is 472 g/mol. The fraction of sp³-hybridized carbons (Fsp3) is 0.130. The standard InChI is InChI=1S/C23H18Cl2N2O3S/c1-30-20-8-3-2-7-19(20)27-21(28)13-31-23(27)14-5-4-6-16(11-14)26-22(29)17-10-9-15(24)12-18(17)25/h2-12,23H,13H2,1H3,(H,26,29)/t23-/m0/s1. The number of amides is 2. The maximum atomic E-state index is 12.7. The van der Waals surface area contributed by atoms with Gasteiger partial charge in [0.2, 0.25) is 5.91 Å². The molecule has 4 rings (SSSR count). The molecule has 1 N–H and O–H groups in total. The Labute approximate surface area is 194 Å². The number of hydrogen-bond acceptors (Lipinski definition) is 4. The lowest BCUT2D eigenvalue weighted by atomic mass is 10.1. The lowest BCUT2D eigenvalue weighted by molar-refractivity contribution is -0.115. The minimum Gasteiger partial charge on any atom is -0.495 e. The molecule has 1 aliphatic heterocycles. The molecule has 1 aliphatic rings. The predicted octanol–water partition coefficient (Wildman–Crippen LogP) is 6.03. The van der Waals surface area contributed by atoms with Crippen molar-refractivity contribution >= 4 is 58.2 Å². The van der Waals surface area contributed by atoms with E-state index in [2.05, 4.69) is 5.32 Å². The van der Waals surface area contributed by atoms with E-state index < -0.39 is 0 Å². The number of anilines is 2. The van der Waals surface area contributed by atoms with Crippen LogP contribution >= 0.6 is 35.0 Å². The molecule has 0 bridgehead atoms. The third kappa shape index (κ3) is 4.51. The van der Waals surface area contributed by atoms with E-state index in [0.29, 0.717) is 33.5 Å². The second-order valence-electron chi connectivity index (χ2n) is 6.80. The summed E-state index contributed by atoms with van der Waals surface area (Å²) in [5, 5.41) is 3.37. The number of benzene rings is 3. The van der Waals surface area contributed by atoms with E-state index in [1.54, 1.807) is 30.2 Å². The van der Waals surface area contributed by atoms with Gasteiger partial charge in [0.05, 0.1) is 29.1 Å². The smallest absolute Gasteiger partial charge is 0.257 e. The molecule has 2 amide bonds. The summed E-state index contributed by atoms with van der Waals surface area (Å²) >= 11 is 13.6. The van der Waals surface area contributed by atoms with Gasteiger partial charge < -0.3 is 10.1 Å². The maximum Gasteiger partial charge on any atom is 0.257 e. The van der Waals surface area contributed by atoms with E-state index in [1.807, 2.05) is 42.5 Å². The van der Waals surface area contributed by atoms with Gasteiger partial charge >= 0.3 is 0 Å². The van der Waals surface area contributed by atoms with Crippen LogP contribution in [-0.4, -0.2) is 24.7 Å². The SMILES string of the molecule is COc1ccccc1N1C(=O)CS[C@H]1c1cccc(NC(=O)c2ccc(Cl)cc2Cl)c1. The number of halogens is 2. The highest BCUT2D eigenvalue weighted by Gasteiger charge is 2.35. The highest BCUT2D eigenvalue weighted by Crippen LogP contribution is 2.45. The van der Waals surface area contributed by atoms with Crippen molar-refractivity contribution in [1.82, 2.24) is 0 Å². The van der Waals surface area contributed by atoms with Crippen molar-refractivity contribution in [3.63, 3.8) is 0 Å². The summed E-state index contributed by atoms with van der Waals surface area (Å²) in [7, 11) is 1.58. The van der Waals surface area contributed by atoms with Gasteiger partial charge in [-0.1, -0.05) is 47.5 Å². The summed E-state index contributed by atoms with van der Waals surface area (Å²) in [4.78, 5) is 27.1. The highest BCUT2D eigenvalue weighted by molar-refractivity contribution is 8.00. The first kappa shape index (κ1) is 21.6. The number of nitrogens with one attached hydrogen (secondary N) is 1. The zero-order valence-corrected chi connectivity index (χ0v) is 18.8. The molecule has 31 heavy (non-hydrogen) atoms. The molecule has 0 unspecified atom stereocenters. The van der Waals surface area contributed by atoms with Gasteiger partial charge in [-0.15, -0.1) is 11.8 Å². The molecule has 8 heteroatoms. The number of methoxy groups -OCH3 is 1. The van der Waals surface area contributed by atoms with Crippen molar-refractivity contribution in [2.45, 2.75) is 5.37 Å². The van der Waals surface area contributed by atoms with Crippen LogP contribution in [0.5, 0.6) is 5.75 Å².